The van der Waals surface area contributed by atoms with Crippen LogP contribution in [0.4, 0.5) is 0 Å². The van der Waals surface area contributed by atoms with Crippen molar-refractivity contribution in [2.75, 3.05) is 0 Å². The van der Waals surface area contributed by atoms with E-state index in [0.717, 1.165) is 36.0 Å². The highest BCUT2D eigenvalue weighted by molar-refractivity contribution is 9.10. The molecule has 1 aliphatic carbocycles. The Hall–Kier alpha value is -0.350. The number of rotatable bonds is 3. The summed E-state index contributed by atoms with van der Waals surface area (Å²) >= 11 is 3.55. The van der Waals surface area contributed by atoms with Crippen LogP contribution in [0.15, 0.2) is 10.7 Å². The predicted octanol–water partition coefficient (Wildman–Crippen LogP) is 3.70. The van der Waals surface area contributed by atoms with Crippen LogP contribution >= 0.6 is 15.9 Å². The fourth-order valence-corrected chi connectivity index (χ4v) is 4.15. The van der Waals surface area contributed by atoms with E-state index in [1.54, 1.807) is 0 Å². The van der Waals surface area contributed by atoms with E-state index in [-0.39, 0.29) is 0 Å². The molecule has 1 aromatic rings. The summed E-state index contributed by atoms with van der Waals surface area (Å²) in [5.74, 6) is 1.13. The molecule has 1 heterocycles. The Balaban J connectivity index is 2.36. The summed E-state index contributed by atoms with van der Waals surface area (Å²) in [5, 5.41) is 15.5. The average molecular weight is 315 g/mol. The lowest BCUT2D eigenvalue weighted by Crippen LogP contribution is -2.37. The third-order valence-corrected chi connectivity index (χ3v) is 4.43. The third-order valence-electron chi connectivity index (χ3n) is 3.85. The summed E-state index contributed by atoms with van der Waals surface area (Å²) < 4.78 is 2.91. The summed E-state index contributed by atoms with van der Waals surface area (Å²) in [6.45, 7) is 7.46. The van der Waals surface area contributed by atoms with E-state index in [1.807, 2.05) is 10.9 Å². The van der Waals surface area contributed by atoms with E-state index in [4.69, 9.17) is 0 Å². The summed E-state index contributed by atoms with van der Waals surface area (Å²) in [6.07, 6.45) is 5.73. The van der Waals surface area contributed by atoms with Crippen molar-refractivity contribution in [2.45, 2.75) is 58.6 Å². The van der Waals surface area contributed by atoms with Crippen LogP contribution < -0.4 is 0 Å². The SMILES string of the molecule is CCCn1ncc(Br)c1C1(O)CC(C)CC(C)C1. The van der Waals surface area contributed by atoms with Crippen LogP contribution in [0.2, 0.25) is 0 Å². The maximum atomic E-state index is 11.1. The van der Waals surface area contributed by atoms with E-state index < -0.39 is 5.60 Å². The molecule has 2 rings (SSSR count). The Kier molecular flexibility index (Phi) is 4.17. The number of aliphatic hydroxyl groups is 1. The maximum absolute atomic E-state index is 11.1. The molecule has 4 heteroatoms. The van der Waals surface area contributed by atoms with Gasteiger partial charge in [-0.3, -0.25) is 4.68 Å². The zero-order valence-electron chi connectivity index (χ0n) is 11.5. The minimum absolute atomic E-state index is 0.565. The fourth-order valence-electron chi connectivity index (χ4n) is 3.49. The quantitative estimate of drug-likeness (QED) is 0.923. The van der Waals surface area contributed by atoms with Crippen LogP contribution in [0.3, 0.4) is 0 Å². The number of aryl methyl sites for hydroxylation is 1. The normalized spacial score (nSPS) is 32.7. The van der Waals surface area contributed by atoms with Gasteiger partial charge in [-0.1, -0.05) is 20.8 Å². The second-order valence-corrected chi connectivity index (χ2v) is 6.80. The van der Waals surface area contributed by atoms with Gasteiger partial charge in [-0.25, -0.2) is 0 Å². The van der Waals surface area contributed by atoms with Gasteiger partial charge in [-0.2, -0.15) is 5.10 Å². The van der Waals surface area contributed by atoms with E-state index in [1.165, 1.54) is 6.42 Å². The van der Waals surface area contributed by atoms with Gasteiger partial charge in [0.1, 0.15) is 5.60 Å². The standard InChI is InChI=1S/C14H23BrN2O/c1-4-5-17-13(12(15)9-16-17)14(18)7-10(2)6-11(3)8-14/h9-11,18H,4-8H2,1-3H3. The molecule has 18 heavy (non-hydrogen) atoms. The zero-order chi connectivity index (χ0) is 13.3. The highest BCUT2D eigenvalue weighted by Crippen LogP contribution is 2.44. The summed E-state index contributed by atoms with van der Waals surface area (Å²) in [6, 6.07) is 0. The van der Waals surface area contributed by atoms with Crippen molar-refractivity contribution < 1.29 is 5.11 Å². The topological polar surface area (TPSA) is 38.0 Å². The summed E-state index contributed by atoms with van der Waals surface area (Å²) in [4.78, 5) is 0. The first-order valence-electron chi connectivity index (χ1n) is 6.90. The highest BCUT2D eigenvalue weighted by Gasteiger charge is 2.41. The second kappa shape index (κ2) is 5.33. The Labute approximate surface area is 118 Å². The number of halogens is 1. The first kappa shape index (κ1) is 14.1. The number of aromatic nitrogens is 2. The van der Waals surface area contributed by atoms with Crippen LogP contribution in [0.1, 0.15) is 52.1 Å². The molecule has 1 aliphatic rings. The van der Waals surface area contributed by atoms with Gasteiger partial charge in [-0.15, -0.1) is 0 Å². The van der Waals surface area contributed by atoms with E-state index in [0.29, 0.717) is 11.8 Å². The van der Waals surface area contributed by atoms with Crippen LogP contribution in [0.5, 0.6) is 0 Å². The lowest BCUT2D eigenvalue weighted by Gasteiger charge is -2.39. The van der Waals surface area contributed by atoms with Crippen LogP contribution in [-0.2, 0) is 12.1 Å². The molecule has 1 aromatic heterocycles. The highest BCUT2D eigenvalue weighted by atomic mass is 79.9. The fraction of sp³-hybridized carbons (Fsp3) is 0.786. The van der Waals surface area contributed by atoms with Crippen molar-refractivity contribution in [1.82, 2.24) is 9.78 Å². The molecular weight excluding hydrogens is 292 g/mol. The molecule has 0 saturated heterocycles. The minimum atomic E-state index is -0.721. The van der Waals surface area contributed by atoms with Crippen molar-refractivity contribution in [3.63, 3.8) is 0 Å². The smallest absolute Gasteiger partial charge is 0.108 e. The van der Waals surface area contributed by atoms with Crippen molar-refractivity contribution >= 4 is 15.9 Å². The van der Waals surface area contributed by atoms with Gasteiger partial charge >= 0.3 is 0 Å². The van der Waals surface area contributed by atoms with Crippen molar-refractivity contribution in [2.24, 2.45) is 11.8 Å². The largest absolute Gasteiger partial charge is 0.384 e. The molecule has 102 valence electrons. The van der Waals surface area contributed by atoms with E-state index in [2.05, 4.69) is 41.8 Å². The molecule has 1 N–H and O–H groups in total. The molecule has 0 spiro atoms. The average Bonchev–Trinajstić information content (AvgIpc) is 2.58. The molecular formula is C14H23BrN2O. The molecule has 0 radical (unpaired) electrons. The Morgan fingerprint density at radius 1 is 1.44 bits per heavy atom. The number of nitrogens with zero attached hydrogens (tertiary/aromatic N) is 2. The first-order chi connectivity index (χ1) is 8.46. The van der Waals surface area contributed by atoms with Gasteiger partial charge in [-0.05, 0) is 53.4 Å². The van der Waals surface area contributed by atoms with Gasteiger partial charge in [0.05, 0.1) is 16.4 Å². The molecule has 1 saturated carbocycles. The third kappa shape index (κ3) is 2.64. The predicted molar refractivity (Wildman–Crippen MR) is 76.3 cm³/mol. The molecule has 2 unspecified atom stereocenters. The molecule has 0 amide bonds. The van der Waals surface area contributed by atoms with Crippen LogP contribution in [0, 0.1) is 11.8 Å². The molecule has 2 atom stereocenters. The Bertz CT molecular complexity index is 406. The summed E-state index contributed by atoms with van der Waals surface area (Å²) in [5.41, 5.74) is 0.254. The van der Waals surface area contributed by atoms with Gasteiger partial charge in [0.25, 0.3) is 0 Å². The van der Waals surface area contributed by atoms with Crippen LogP contribution in [0.25, 0.3) is 0 Å². The maximum Gasteiger partial charge on any atom is 0.108 e. The number of hydrogen-bond donors (Lipinski definition) is 1. The molecule has 0 aromatic carbocycles. The van der Waals surface area contributed by atoms with Gasteiger partial charge in [0.2, 0.25) is 0 Å². The van der Waals surface area contributed by atoms with E-state index >= 15 is 0 Å². The van der Waals surface area contributed by atoms with Crippen molar-refractivity contribution in [3.05, 3.63) is 16.4 Å². The van der Waals surface area contributed by atoms with Crippen molar-refractivity contribution in [3.8, 4) is 0 Å². The molecule has 0 bridgehead atoms. The second-order valence-electron chi connectivity index (χ2n) is 5.95. The molecule has 1 fully saturated rings. The lowest BCUT2D eigenvalue weighted by molar-refractivity contribution is -0.0438. The zero-order valence-corrected chi connectivity index (χ0v) is 13.1. The minimum Gasteiger partial charge on any atom is -0.384 e. The molecule has 0 aliphatic heterocycles. The first-order valence-corrected chi connectivity index (χ1v) is 7.69. The van der Waals surface area contributed by atoms with Gasteiger partial charge in [0.15, 0.2) is 0 Å². The molecule has 3 nitrogen and oxygen atoms in total. The van der Waals surface area contributed by atoms with Gasteiger partial charge < -0.3 is 5.11 Å². The van der Waals surface area contributed by atoms with E-state index in [9.17, 15) is 5.11 Å². The monoisotopic (exact) mass is 314 g/mol. The summed E-state index contributed by atoms with van der Waals surface area (Å²) in [7, 11) is 0. The Morgan fingerprint density at radius 3 is 2.61 bits per heavy atom. The lowest BCUT2D eigenvalue weighted by atomic mass is 9.72. The Morgan fingerprint density at radius 2 is 2.06 bits per heavy atom. The number of hydrogen-bond acceptors (Lipinski definition) is 2. The van der Waals surface area contributed by atoms with Crippen molar-refractivity contribution in [1.29, 1.82) is 0 Å². The van der Waals surface area contributed by atoms with Gasteiger partial charge in [0, 0.05) is 6.54 Å². The van der Waals surface area contributed by atoms with Crippen LogP contribution in [-0.4, -0.2) is 14.9 Å².